The van der Waals surface area contributed by atoms with E-state index < -0.39 is 10.0 Å². The zero-order chi connectivity index (χ0) is 17.3. The minimum absolute atomic E-state index is 0.293. The fraction of sp³-hybridized carbons (Fsp3) is 0.294. The van der Waals surface area contributed by atoms with Gasteiger partial charge in [-0.2, -0.15) is 5.10 Å². The lowest BCUT2D eigenvalue weighted by Crippen LogP contribution is -2.16. The summed E-state index contributed by atoms with van der Waals surface area (Å²) in [6, 6.07) is 9.04. The van der Waals surface area contributed by atoms with E-state index in [-0.39, 0.29) is 0 Å². The van der Waals surface area contributed by atoms with Crippen LogP contribution in [0.4, 0.5) is 5.69 Å². The maximum absolute atomic E-state index is 12.9. The molecule has 0 aliphatic rings. The summed E-state index contributed by atoms with van der Waals surface area (Å²) in [5.74, 6) is 0. The molecular weight excluding hydrogens is 324 g/mol. The lowest BCUT2D eigenvalue weighted by molar-refractivity contribution is 0.598. The van der Waals surface area contributed by atoms with Crippen LogP contribution in [0.3, 0.4) is 0 Å². The predicted octanol–water partition coefficient (Wildman–Crippen LogP) is 2.89. The van der Waals surface area contributed by atoms with Crippen molar-refractivity contribution in [1.29, 1.82) is 0 Å². The highest BCUT2D eigenvalue weighted by Crippen LogP contribution is 2.25. The Hall–Kier alpha value is -2.41. The molecule has 0 aliphatic heterocycles. The predicted molar refractivity (Wildman–Crippen MR) is 94.5 cm³/mol. The van der Waals surface area contributed by atoms with E-state index in [2.05, 4.69) is 14.8 Å². The van der Waals surface area contributed by atoms with Gasteiger partial charge in [-0.3, -0.25) is 14.4 Å². The van der Waals surface area contributed by atoms with E-state index in [1.807, 2.05) is 26.0 Å². The van der Waals surface area contributed by atoms with Crippen molar-refractivity contribution >= 4 is 26.6 Å². The van der Waals surface area contributed by atoms with Crippen LogP contribution in [-0.4, -0.2) is 23.2 Å². The summed E-state index contributed by atoms with van der Waals surface area (Å²) < 4.78 is 30.2. The molecule has 0 amide bonds. The number of nitrogens with zero attached hydrogens (tertiary/aromatic N) is 3. The van der Waals surface area contributed by atoms with Gasteiger partial charge in [0.15, 0.2) is 0 Å². The van der Waals surface area contributed by atoms with E-state index in [0.717, 1.165) is 10.9 Å². The van der Waals surface area contributed by atoms with Crippen LogP contribution in [0.1, 0.15) is 25.2 Å². The second kappa shape index (κ2) is 6.24. The fourth-order valence-electron chi connectivity index (χ4n) is 2.88. The number of aryl methyl sites for hydroxylation is 2. The maximum atomic E-state index is 12.9. The average Bonchev–Trinajstić information content (AvgIpc) is 2.91. The van der Waals surface area contributed by atoms with Gasteiger partial charge < -0.3 is 0 Å². The first-order chi connectivity index (χ1) is 11.5. The first-order valence-corrected chi connectivity index (χ1v) is 9.37. The standard InChI is InChI=1S/C17H20N4O2S/c1-4-14-17(16(5-2)21(3)19-14)24(22,23)20-13-8-9-15-12(11-13)7-6-10-18-15/h6-11,20H,4-5H2,1-3H3. The average molecular weight is 344 g/mol. The highest BCUT2D eigenvalue weighted by atomic mass is 32.2. The molecule has 0 radical (unpaired) electrons. The molecular formula is C17H20N4O2S. The molecule has 0 aliphatic carbocycles. The number of hydrogen-bond acceptors (Lipinski definition) is 4. The molecule has 6 nitrogen and oxygen atoms in total. The molecule has 3 rings (SSSR count). The van der Waals surface area contributed by atoms with Gasteiger partial charge in [0.05, 0.1) is 16.9 Å². The number of nitrogens with one attached hydrogen (secondary N) is 1. The van der Waals surface area contributed by atoms with Gasteiger partial charge in [-0.05, 0) is 37.1 Å². The summed E-state index contributed by atoms with van der Waals surface area (Å²) in [5.41, 5.74) is 2.64. The molecule has 0 saturated carbocycles. The first-order valence-electron chi connectivity index (χ1n) is 7.88. The van der Waals surface area contributed by atoms with Crippen molar-refractivity contribution in [2.45, 2.75) is 31.6 Å². The Morgan fingerprint density at radius 1 is 1.17 bits per heavy atom. The molecule has 0 saturated heterocycles. The molecule has 3 aromatic rings. The SMILES string of the molecule is CCc1nn(C)c(CC)c1S(=O)(=O)Nc1ccc2ncccc2c1. The van der Waals surface area contributed by atoms with Crippen molar-refractivity contribution < 1.29 is 8.42 Å². The van der Waals surface area contributed by atoms with Crippen LogP contribution in [-0.2, 0) is 29.9 Å². The molecule has 2 heterocycles. The number of hydrogen-bond donors (Lipinski definition) is 1. The van der Waals surface area contributed by atoms with Gasteiger partial charge in [-0.15, -0.1) is 0 Å². The molecule has 1 aromatic carbocycles. The zero-order valence-electron chi connectivity index (χ0n) is 13.9. The smallest absolute Gasteiger partial charge is 0.265 e. The zero-order valence-corrected chi connectivity index (χ0v) is 14.8. The van der Waals surface area contributed by atoms with E-state index in [9.17, 15) is 8.42 Å². The Bertz CT molecular complexity index is 993. The quantitative estimate of drug-likeness (QED) is 0.772. The van der Waals surface area contributed by atoms with Crippen molar-refractivity contribution in [2.75, 3.05) is 4.72 Å². The number of fused-ring (bicyclic) bond motifs is 1. The van der Waals surface area contributed by atoms with Crippen LogP contribution in [0.2, 0.25) is 0 Å². The third kappa shape index (κ3) is 2.87. The monoisotopic (exact) mass is 344 g/mol. The summed E-state index contributed by atoms with van der Waals surface area (Å²) >= 11 is 0. The van der Waals surface area contributed by atoms with E-state index in [4.69, 9.17) is 0 Å². The summed E-state index contributed by atoms with van der Waals surface area (Å²) in [7, 11) is -1.92. The van der Waals surface area contributed by atoms with Crippen LogP contribution in [0.25, 0.3) is 10.9 Å². The van der Waals surface area contributed by atoms with Gasteiger partial charge in [-0.1, -0.05) is 19.9 Å². The second-order valence-electron chi connectivity index (χ2n) is 5.57. The molecule has 126 valence electrons. The van der Waals surface area contributed by atoms with Crippen molar-refractivity contribution in [2.24, 2.45) is 7.05 Å². The minimum Gasteiger partial charge on any atom is -0.279 e. The number of anilines is 1. The van der Waals surface area contributed by atoms with Crippen molar-refractivity contribution in [3.8, 4) is 0 Å². The van der Waals surface area contributed by atoms with E-state index >= 15 is 0 Å². The highest BCUT2D eigenvalue weighted by molar-refractivity contribution is 7.92. The maximum Gasteiger partial charge on any atom is 0.265 e. The Labute approximate surface area is 141 Å². The van der Waals surface area contributed by atoms with Gasteiger partial charge in [0, 0.05) is 24.3 Å². The summed E-state index contributed by atoms with van der Waals surface area (Å²) in [6.07, 6.45) is 2.87. The molecule has 0 bridgehead atoms. The lowest BCUT2D eigenvalue weighted by Gasteiger charge is -2.10. The number of sulfonamides is 1. The Morgan fingerprint density at radius 3 is 2.67 bits per heavy atom. The van der Waals surface area contributed by atoms with E-state index in [1.165, 1.54) is 0 Å². The highest BCUT2D eigenvalue weighted by Gasteiger charge is 2.26. The first kappa shape index (κ1) is 16.4. The van der Waals surface area contributed by atoms with E-state index in [1.54, 1.807) is 36.1 Å². The van der Waals surface area contributed by atoms with Crippen molar-refractivity contribution in [3.63, 3.8) is 0 Å². The molecule has 0 unspecified atom stereocenters. The van der Waals surface area contributed by atoms with Crippen LogP contribution in [0.15, 0.2) is 41.4 Å². The van der Waals surface area contributed by atoms with Gasteiger partial charge in [-0.25, -0.2) is 8.42 Å². The lowest BCUT2D eigenvalue weighted by atomic mass is 10.2. The van der Waals surface area contributed by atoms with Gasteiger partial charge in [0.25, 0.3) is 10.0 Å². The normalized spacial score (nSPS) is 11.8. The van der Waals surface area contributed by atoms with Crippen LogP contribution < -0.4 is 4.72 Å². The molecule has 1 N–H and O–H groups in total. The molecule has 0 spiro atoms. The molecule has 2 aromatic heterocycles. The minimum atomic E-state index is -3.70. The Balaban J connectivity index is 2.04. The number of rotatable bonds is 5. The van der Waals surface area contributed by atoms with Gasteiger partial charge in [0.1, 0.15) is 4.90 Å². The van der Waals surface area contributed by atoms with Crippen LogP contribution >= 0.6 is 0 Å². The largest absolute Gasteiger partial charge is 0.279 e. The summed E-state index contributed by atoms with van der Waals surface area (Å²) in [5, 5.41) is 5.23. The number of aromatic nitrogens is 3. The van der Waals surface area contributed by atoms with Crippen molar-refractivity contribution in [3.05, 3.63) is 47.9 Å². The van der Waals surface area contributed by atoms with Crippen LogP contribution in [0.5, 0.6) is 0 Å². The van der Waals surface area contributed by atoms with Crippen molar-refractivity contribution in [1.82, 2.24) is 14.8 Å². The van der Waals surface area contributed by atoms with E-state index in [0.29, 0.717) is 34.8 Å². The summed E-state index contributed by atoms with van der Waals surface area (Å²) in [4.78, 5) is 4.54. The third-order valence-corrected chi connectivity index (χ3v) is 5.49. The number of pyridine rings is 1. The topological polar surface area (TPSA) is 76.9 Å². The molecule has 7 heteroatoms. The Kier molecular flexibility index (Phi) is 4.28. The van der Waals surface area contributed by atoms with Gasteiger partial charge >= 0.3 is 0 Å². The fourth-order valence-corrected chi connectivity index (χ4v) is 4.50. The second-order valence-corrected chi connectivity index (χ2v) is 7.19. The Morgan fingerprint density at radius 2 is 1.96 bits per heavy atom. The van der Waals surface area contributed by atoms with Crippen LogP contribution in [0, 0.1) is 0 Å². The summed E-state index contributed by atoms with van der Waals surface area (Å²) in [6.45, 7) is 3.83. The van der Waals surface area contributed by atoms with Gasteiger partial charge in [0.2, 0.25) is 0 Å². The molecule has 0 fully saturated rings. The number of benzene rings is 1. The third-order valence-electron chi connectivity index (χ3n) is 3.98. The molecule has 0 atom stereocenters. The molecule has 24 heavy (non-hydrogen) atoms.